The monoisotopic (exact) mass is 281 g/mol. The maximum Gasteiger partial charge on any atom is 0.120 e. The molecule has 0 saturated heterocycles. The van der Waals surface area contributed by atoms with Crippen LogP contribution in [0.4, 0.5) is 0 Å². The van der Waals surface area contributed by atoms with Gasteiger partial charge in [-0.3, -0.25) is 0 Å². The zero-order chi connectivity index (χ0) is 14.7. The summed E-state index contributed by atoms with van der Waals surface area (Å²) >= 11 is 0. The maximum absolute atomic E-state index is 4.65. The molecule has 0 saturated carbocycles. The summed E-state index contributed by atoms with van der Waals surface area (Å²) in [5.74, 6) is 0.945. The first-order valence-corrected chi connectivity index (χ1v) is 7.05. The molecule has 0 amide bonds. The van der Waals surface area contributed by atoms with Gasteiger partial charge in [0.25, 0.3) is 0 Å². The van der Waals surface area contributed by atoms with E-state index in [9.17, 15) is 0 Å². The van der Waals surface area contributed by atoms with Gasteiger partial charge >= 0.3 is 0 Å². The fourth-order valence-electron chi connectivity index (χ4n) is 2.45. The summed E-state index contributed by atoms with van der Waals surface area (Å²) < 4.78 is 2.00. The lowest BCUT2D eigenvalue weighted by molar-refractivity contribution is 0.664. The third kappa shape index (κ3) is 2.87. The third-order valence-electron chi connectivity index (χ3n) is 3.59. The summed E-state index contributed by atoms with van der Waals surface area (Å²) in [4.78, 5) is 7.30. The van der Waals surface area contributed by atoms with Crippen LogP contribution in [0.3, 0.4) is 0 Å². The number of hydrogen-bond donors (Lipinski definition) is 2. The molecule has 2 heterocycles. The highest BCUT2D eigenvalue weighted by Crippen LogP contribution is 2.17. The van der Waals surface area contributed by atoms with Crippen molar-refractivity contribution in [3.8, 4) is 5.69 Å². The molecule has 21 heavy (non-hydrogen) atoms. The summed E-state index contributed by atoms with van der Waals surface area (Å²) in [5.41, 5.74) is 4.56. The molecule has 0 bridgehead atoms. The molecule has 2 aromatic heterocycles. The largest absolute Gasteiger partial charge is 0.348 e. The molecule has 0 aliphatic rings. The second-order valence-corrected chi connectivity index (χ2v) is 5.04. The SMILES string of the molecule is Cc1nn(-c2ccccc2)c(C)c1CNCc1ncc[nH]1. The number of nitrogens with zero attached hydrogens (tertiary/aromatic N) is 3. The van der Waals surface area contributed by atoms with Crippen molar-refractivity contribution in [1.29, 1.82) is 0 Å². The van der Waals surface area contributed by atoms with Crippen molar-refractivity contribution in [1.82, 2.24) is 25.1 Å². The number of hydrogen-bond acceptors (Lipinski definition) is 3. The van der Waals surface area contributed by atoms with Crippen molar-refractivity contribution < 1.29 is 0 Å². The number of aromatic nitrogens is 4. The molecular formula is C16H19N5. The number of benzene rings is 1. The zero-order valence-corrected chi connectivity index (χ0v) is 12.3. The summed E-state index contributed by atoms with van der Waals surface area (Å²) in [6.45, 7) is 5.67. The molecule has 5 nitrogen and oxygen atoms in total. The Morgan fingerprint density at radius 1 is 1.14 bits per heavy atom. The lowest BCUT2D eigenvalue weighted by atomic mass is 10.2. The van der Waals surface area contributed by atoms with Crippen LogP contribution in [0.2, 0.25) is 0 Å². The Balaban J connectivity index is 1.75. The molecular weight excluding hydrogens is 262 g/mol. The molecule has 0 atom stereocenters. The smallest absolute Gasteiger partial charge is 0.120 e. The molecule has 3 rings (SSSR count). The Bertz CT molecular complexity index is 698. The Kier molecular flexibility index (Phi) is 3.83. The molecule has 5 heteroatoms. The van der Waals surface area contributed by atoms with Gasteiger partial charge in [-0.05, 0) is 26.0 Å². The van der Waals surface area contributed by atoms with Crippen LogP contribution in [0.15, 0.2) is 42.7 Å². The summed E-state index contributed by atoms with van der Waals surface area (Å²) in [6, 6.07) is 10.2. The van der Waals surface area contributed by atoms with E-state index in [1.54, 1.807) is 6.20 Å². The van der Waals surface area contributed by atoms with Gasteiger partial charge in [-0.15, -0.1) is 0 Å². The lowest BCUT2D eigenvalue weighted by Gasteiger charge is -2.06. The van der Waals surface area contributed by atoms with Crippen molar-refractivity contribution in [2.24, 2.45) is 0 Å². The molecule has 0 radical (unpaired) electrons. The van der Waals surface area contributed by atoms with E-state index in [0.717, 1.165) is 30.3 Å². The standard InChI is InChI=1S/C16H19N5/c1-12-15(10-17-11-16-18-8-9-19-16)13(2)21(20-12)14-6-4-3-5-7-14/h3-9,17H,10-11H2,1-2H3,(H,18,19). The van der Waals surface area contributed by atoms with E-state index in [1.165, 1.54) is 11.3 Å². The van der Waals surface area contributed by atoms with E-state index in [2.05, 4.69) is 46.4 Å². The van der Waals surface area contributed by atoms with Gasteiger partial charge in [-0.1, -0.05) is 18.2 Å². The van der Waals surface area contributed by atoms with Crippen LogP contribution in [-0.4, -0.2) is 19.7 Å². The van der Waals surface area contributed by atoms with Gasteiger partial charge < -0.3 is 10.3 Å². The van der Waals surface area contributed by atoms with Crippen LogP contribution in [0.25, 0.3) is 5.69 Å². The van der Waals surface area contributed by atoms with Crippen molar-refractivity contribution in [2.45, 2.75) is 26.9 Å². The number of para-hydroxylation sites is 1. The molecule has 3 aromatic rings. The van der Waals surface area contributed by atoms with Gasteiger partial charge in [0.05, 0.1) is 17.9 Å². The Morgan fingerprint density at radius 2 is 1.95 bits per heavy atom. The molecule has 2 N–H and O–H groups in total. The number of nitrogens with one attached hydrogen (secondary N) is 2. The lowest BCUT2D eigenvalue weighted by Crippen LogP contribution is -2.14. The second kappa shape index (κ2) is 5.93. The normalized spacial score (nSPS) is 11.0. The van der Waals surface area contributed by atoms with Crippen LogP contribution < -0.4 is 5.32 Å². The van der Waals surface area contributed by atoms with Crippen molar-refractivity contribution >= 4 is 0 Å². The van der Waals surface area contributed by atoms with E-state index < -0.39 is 0 Å². The quantitative estimate of drug-likeness (QED) is 0.755. The Hall–Kier alpha value is -2.40. The highest BCUT2D eigenvalue weighted by molar-refractivity contribution is 5.36. The predicted molar refractivity (Wildman–Crippen MR) is 82.2 cm³/mol. The van der Waals surface area contributed by atoms with Crippen molar-refractivity contribution in [3.63, 3.8) is 0 Å². The van der Waals surface area contributed by atoms with Crippen molar-refractivity contribution in [2.75, 3.05) is 0 Å². The number of rotatable bonds is 5. The first-order chi connectivity index (χ1) is 10.3. The fourth-order valence-corrected chi connectivity index (χ4v) is 2.45. The number of H-pyrrole nitrogens is 1. The van der Waals surface area contributed by atoms with Gasteiger partial charge in [0, 0.05) is 30.2 Å². The summed E-state index contributed by atoms with van der Waals surface area (Å²) in [6.07, 6.45) is 3.60. The van der Waals surface area contributed by atoms with Crippen LogP contribution in [0, 0.1) is 13.8 Å². The van der Waals surface area contributed by atoms with E-state index >= 15 is 0 Å². The molecule has 1 aromatic carbocycles. The minimum Gasteiger partial charge on any atom is -0.348 e. The molecule has 0 aliphatic heterocycles. The highest BCUT2D eigenvalue weighted by Gasteiger charge is 2.12. The molecule has 108 valence electrons. The first kappa shape index (κ1) is 13.6. The first-order valence-electron chi connectivity index (χ1n) is 7.05. The Labute approximate surface area is 124 Å². The topological polar surface area (TPSA) is 58.5 Å². The molecule has 0 fully saturated rings. The highest BCUT2D eigenvalue weighted by atomic mass is 15.3. The van der Waals surface area contributed by atoms with Crippen LogP contribution in [-0.2, 0) is 13.1 Å². The van der Waals surface area contributed by atoms with Gasteiger partial charge in [-0.2, -0.15) is 5.10 Å². The van der Waals surface area contributed by atoms with E-state index in [0.29, 0.717) is 0 Å². The molecule has 0 aliphatic carbocycles. The number of aryl methyl sites for hydroxylation is 1. The van der Waals surface area contributed by atoms with E-state index in [4.69, 9.17) is 0 Å². The summed E-state index contributed by atoms with van der Waals surface area (Å²) in [5, 5.41) is 8.05. The maximum atomic E-state index is 4.65. The van der Waals surface area contributed by atoms with Gasteiger partial charge in [0.1, 0.15) is 5.82 Å². The van der Waals surface area contributed by atoms with Crippen LogP contribution >= 0.6 is 0 Å². The zero-order valence-electron chi connectivity index (χ0n) is 12.3. The van der Waals surface area contributed by atoms with Gasteiger partial charge in [0.15, 0.2) is 0 Å². The van der Waals surface area contributed by atoms with Gasteiger partial charge in [-0.25, -0.2) is 9.67 Å². The average molecular weight is 281 g/mol. The second-order valence-electron chi connectivity index (χ2n) is 5.04. The molecule has 0 unspecified atom stereocenters. The van der Waals surface area contributed by atoms with E-state index in [-0.39, 0.29) is 0 Å². The number of imidazole rings is 1. The summed E-state index contributed by atoms with van der Waals surface area (Å²) in [7, 11) is 0. The molecule has 0 spiro atoms. The number of aromatic amines is 1. The predicted octanol–water partition coefficient (Wildman–Crippen LogP) is 2.50. The fraction of sp³-hybridized carbons (Fsp3) is 0.250. The van der Waals surface area contributed by atoms with Crippen LogP contribution in [0.1, 0.15) is 22.8 Å². The minimum atomic E-state index is 0.725. The van der Waals surface area contributed by atoms with Crippen LogP contribution in [0.5, 0.6) is 0 Å². The van der Waals surface area contributed by atoms with Gasteiger partial charge in [0.2, 0.25) is 0 Å². The minimum absolute atomic E-state index is 0.725. The van der Waals surface area contributed by atoms with E-state index in [1.807, 2.05) is 29.1 Å². The van der Waals surface area contributed by atoms with Crippen molar-refractivity contribution in [3.05, 3.63) is 65.5 Å². The third-order valence-corrected chi connectivity index (χ3v) is 3.59. The Morgan fingerprint density at radius 3 is 2.67 bits per heavy atom. The average Bonchev–Trinajstić information content (AvgIpc) is 3.11.